The molecule has 0 amide bonds. The Morgan fingerprint density at radius 3 is 2.78 bits per heavy atom. The van der Waals surface area contributed by atoms with E-state index in [-0.39, 0.29) is 11.9 Å². The SMILES string of the molecule is Cc1ccc(C(C)Nc2cccnc2N)cc1F. The predicted octanol–water partition coefficient (Wildman–Crippen LogP) is 3.28. The van der Waals surface area contributed by atoms with Crippen LogP contribution in [0.3, 0.4) is 0 Å². The molecule has 0 saturated carbocycles. The largest absolute Gasteiger partial charge is 0.382 e. The number of nitrogens with one attached hydrogen (secondary N) is 1. The van der Waals surface area contributed by atoms with E-state index in [9.17, 15) is 4.39 Å². The Bertz CT molecular complexity index is 554. The second-order valence-corrected chi connectivity index (χ2v) is 4.31. The number of halogens is 1. The van der Waals surface area contributed by atoms with Gasteiger partial charge in [0.2, 0.25) is 0 Å². The number of aromatic nitrogens is 1. The van der Waals surface area contributed by atoms with Gasteiger partial charge in [-0.1, -0.05) is 12.1 Å². The van der Waals surface area contributed by atoms with E-state index in [1.165, 1.54) is 0 Å². The van der Waals surface area contributed by atoms with Gasteiger partial charge in [-0.25, -0.2) is 9.37 Å². The summed E-state index contributed by atoms with van der Waals surface area (Å²) in [6.45, 7) is 3.70. The first-order valence-electron chi connectivity index (χ1n) is 5.81. The molecule has 3 nitrogen and oxygen atoms in total. The second kappa shape index (κ2) is 5.04. The van der Waals surface area contributed by atoms with Gasteiger partial charge in [-0.2, -0.15) is 0 Å². The molecule has 0 aliphatic rings. The molecule has 2 aromatic rings. The fourth-order valence-electron chi connectivity index (χ4n) is 1.73. The lowest BCUT2D eigenvalue weighted by Gasteiger charge is -2.17. The monoisotopic (exact) mass is 245 g/mol. The number of rotatable bonds is 3. The fraction of sp³-hybridized carbons (Fsp3) is 0.214. The molecule has 94 valence electrons. The molecule has 0 aliphatic heterocycles. The lowest BCUT2D eigenvalue weighted by molar-refractivity contribution is 0.614. The zero-order chi connectivity index (χ0) is 13.1. The maximum Gasteiger partial charge on any atom is 0.146 e. The first-order valence-corrected chi connectivity index (χ1v) is 5.81. The highest BCUT2D eigenvalue weighted by molar-refractivity contribution is 5.61. The van der Waals surface area contributed by atoms with Crippen LogP contribution in [0.5, 0.6) is 0 Å². The van der Waals surface area contributed by atoms with Crippen LogP contribution in [0.15, 0.2) is 36.5 Å². The van der Waals surface area contributed by atoms with Gasteiger partial charge < -0.3 is 11.1 Å². The highest BCUT2D eigenvalue weighted by Crippen LogP contribution is 2.23. The Labute approximate surface area is 106 Å². The number of benzene rings is 1. The van der Waals surface area contributed by atoms with Crippen LogP contribution in [0, 0.1) is 12.7 Å². The topological polar surface area (TPSA) is 50.9 Å². The van der Waals surface area contributed by atoms with E-state index in [4.69, 9.17) is 5.73 Å². The Balaban J connectivity index is 2.19. The van der Waals surface area contributed by atoms with Crippen molar-refractivity contribution in [1.82, 2.24) is 4.98 Å². The van der Waals surface area contributed by atoms with E-state index < -0.39 is 0 Å². The number of anilines is 2. The highest BCUT2D eigenvalue weighted by Gasteiger charge is 2.09. The molecule has 0 fully saturated rings. The molecule has 0 radical (unpaired) electrons. The van der Waals surface area contributed by atoms with Gasteiger partial charge in [0, 0.05) is 12.2 Å². The van der Waals surface area contributed by atoms with Crippen molar-refractivity contribution in [2.24, 2.45) is 0 Å². The number of nitrogen functional groups attached to an aromatic ring is 1. The van der Waals surface area contributed by atoms with Crippen LogP contribution in [0.25, 0.3) is 0 Å². The third-order valence-electron chi connectivity index (χ3n) is 2.91. The Morgan fingerprint density at radius 1 is 1.33 bits per heavy atom. The first-order chi connectivity index (χ1) is 8.58. The van der Waals surface area contributed by atoms with Gasteiger partial charge in [0.25, 0.3) is 0 Å². The number of aryl methyl sites for hydroxylation is 1. The maximum atomic E-state index is 13.5. The zero-order valence-corrected chi connectivity index (χ0v) is 10.4. The summed E-state index contributed by atoms with van der Waals surface area (Å²) < 4.78 is 13.5. The summed E-state index contributed by atoms with van der Waals surface area (Å²) in [5.41, 5.74) is 8.03. The molecule has 1 aromatic heterocycles. The third kappa shape index (κ3) is 2.59. The molecule has 1 unspecified atom stereocenters. The molecule has 0 saturated heterocycles. The number of hydrogen-bond donors (Lipinski definition) is 2. The molecule has 2 rings (SSSR count). The summed E-state index contributed by atoms with van der Waals surface area (Å²) in [5, 5.41) is 3.22. The van der Waals surface area contributed by atoms with Crippen molar-refractivity contribution in [2.75, 3.05) is 11.1 Å². The quantitative estimate of drug-likeness (QED) is 0.872. The fourth-order valence-corrected chi connectivity index (χ4v) is 1.73. The van der Waals surface area contributed by atoms with Gasteiger partial charge in [-0.15, -0.1) is 0 Å². The van der Waals surface area contributed by atoms with Crippen molar-refractivity contribution in [1.29, 1.82) is 0 Å². The van der Waals surface area contributed by atoms with Gasteiger partial charge in [0.15, 0.2) is 0 Å². The van der Waals surface area contributed by atoms with E-state index in [1.54, 1.807) is 31.3 Å². The zero-order valence-electron chi connectivity index (χ0n) is 10.4. The number of hydrogen-bond acceptors (Lipinski definition) is 3. The molecule has 1 atom stereocenters. The van der Waals surface area contributed by atoms with Crippen LogP contribution in [0.2, 0.25) is 0 Å². The van der Waals surface area contributed by atoms with Crippen LogP contribution in [0.1, 0.15) is 24.1 Å². The molecule has 0 bridgehead atoms. The van der Waals surface area contributed by atoms with E-state index in [1.807, 2.05) is 19.1 Å². The molecule has 18 heavy (non-hydrogen) atoms. The van der Waals surface area contributed by atoms with Crippen LogP contribution >= 0.6 is 0 Å². The minimum atomic E-state index is -0.194. The predicted molar refractivity (Wildman–Crippen MR) is 71.8 cm³/mol. The lowest BCUT2D eigenvalue weighted by atomic mass is 10.1. The van der Waals surface area contributed by atoms with E-state index >= 15 is 0 Å². The molecule has 4 heteroatoms. The summed E-state index contributed by atoms with van der Waals surface area (Å²) in [4.78, 5) is 4.00. The standard InChI is InChI=1S/C14H16FN3/c1-9-5-6-11(8-12(9)15)10(2)18-13-4-3-7-17-14(13)16/h3-8,10,18H,1-2H3,(H2,16,17). The van der Waals surface area contributed by atoms with Crippen LogP contribution < -0.4 is 11.1 Å². The Hall–Kier alpha value is -2.10. The second-order valence-electron chi connectivity index (χ2n) is 4.31. The van der Waals surface area contributed by atoms with Crippen LogP contribution in [-0.2, 0) is 0 Å². The number of pyridine rings is 1. The molecule has 1 heterocycles. The molecular formula is C14H16FN3. The molecule has 0 aliphatic carbocycles. The Kier molecular flexibility index (Phi) is 3.46. The number of nitrogens with two attached hydrogens (primary N) is 1. The minimum Gasteiger partial charge on any atom is -0.382 e. The summed E-state index contributed by atoms with van der Waals surface area (Å²) in [7, 11) is 0. The number of nitrogens with zero attached hydrogens (tertiary/aromatic N) is 1. The van der Waals surface area contributed by atoms with E-state index in [2.05, 4.69) is 10.3 Å². The van der Waals surface area contributed by atoms with Crippen LogP contribution in [0.4, 0.5) is 15.9 Å². The summed E-state index contributed by atoms with van der Waals surface area (Å²) in [6, 6.07) is 8.84. The first kappa shape index (κ1) is 12.4. The summed E-state index contributed by atoms with van der Waals surface area (Å²) in [6.07, 6.45) is 1.64. The molecule has 3 N–H and O–H groups in total. The van der Waals surface area contributed by atoms with E-state index in [0.29, 0.717) is 11.4 Å². The normalized spacial score (nSPS) is 12.2. The van der Waals surface area contributed by atoms with Crippen molar-refractivity contribution in [3.8, 4) is 0 Å². The van der Waals surface area contributed by atoms with Crippen molar-refractivity contribution < 1.29 is 4.39 Å². The van der Waals surface area contributed by atoms with Gasteiger partial charge in [-0.3, -0.25) is 0 Å². The van der Waals surface area contributed by atoms with Crippen LogP contribution in [-0.4, -0.2) is 4.98 Å². The molecular weight excluding hydrogens is 229 g/mol. The maximum absolute atomic E-state index is 13.5. The Morgan fingerprint density at radius 2 is 2.11 bits per heavy atom. The highest BCUT2D eigenvalue weighted by atomic mass is 19.1. The van der Waals surface area contributed by atoms with Crippen molar-refractivity contribution in [3.63, 3.8) is 0 Å². The minimum absolute atomic E-state index is 0.0356. The van der Waals surface area contributed by atoms with Gasteiger partial charge in [0.1, 0.15) is 11.6 Å². The average molecular weight is 245 g/mol. The van der Waals surface area contributed by atoms with Crippen molar-refractivity contribution >= 4 is 11.5 Å². The van der Waals surface area contributed by atoms with E-state index in [0.717, 1.165) is 11.3 Å². The third-order valence-corrected chi connectivity index (χ3v) is 2.91. The van der Waals surface area contributed by atoms with Crippen molar-refractivity contribution in [2.45, 2.75) is 19.9 Å². The average Bonchev–Trinajstić information content (AvgIpc) is 2.35. The van der Waals surface area contributed by atoms with Gasteiger partial charge >= 0.3 is 0 Å². The summed E-state index contributed by atoms with van der Waals surface area (Å²) >= 11 is 0. The van der Waals surface area contributed by atoms with Gasteiger partial charge in [-0.05, 0) is 43.2 Å². The summed E-state index contributed by atoms with van der Waals surface area (Å²) in [5.74, 6) is 0.247. The molecule has 0 spiro atoms. The molecule has 1 aromatic carbocycles. The smallest absolute Gasteiger partial charge is 0.146 e. The lowest BCUT2D eigenvalue weighted by Crippen LogP contribution is -2.09. The van der Waals surface area contributed by atoms with Crippen molar-refractivity contribution in [3.05, 3.63) is 53.5 Å². The van der Waals surface area contributed by atoms with Gasteiger partial charge in [0.05, 0.1) is 5.69 Å².